The lowest BCUT2D eigenvalue weighted by molar-refractivity contribution is -0.136. The molecule has 0 spiro atoms. The zero-order chi connectivity index (χ0) is 20.5. The van der Waals surface area contributed by atoms with E-state index >= 15 is 0 Å². The maximum absolute atomic E-state index is 13.3. The Morgan fingerprint density at radius 1 is 1.14 bits per heavy atom. The Hall–Kier alpha value is -3.85. The Labute approximate surface area is 168 Å². The molecule has 6 heteroatoms. The molecule has 144 valence electrons. The molecule has 2 aromatic rings. The molecule has 4 rings (SSSR count). The third kappa shape index (κ3) is 2.97. The van der Waals surface area contributed by atoms with Gasteiger partial charge in [-0.25, -0.2) is 4.79 Å². The van der Waals surface area contributed by atoms with Crippen LogP contribution in [0.25, 0.3) is 5.70 Å². The van der Waals surface area contributed by atoms with Crippen LogP contribution in [0.3, 0.4) is 0 Å². The van der Waals surface area contributed by atoms with Crippen molar-refractivity contribution in [3.63, 3.8) is 0 Å². The zero-order valence-electron chi connectivity index (χ0n) is 16.0. The molecule has 0 amide bonds. The van der Waals surface area contributed by atoms with Crippen LogP contribution in [0.15, 0.2) is 65.4 Å². The molecular weight excluding hydrogens is 368 g/mol. The SMILES string of the molecule is COC(=O)C1=C(C)NC2=C(C(=O)c3ccccc32)[C@@H]1c1ccc(OCC#N)cc1. The van der Waals surface area contributed by atoms with Gasteiger partial charge in [-0.15, -0.1) is 0 Å². The van der Waals surface area contributed by atoms with Crippen LogP contribution in [-0.2, 0) is 9.53 Å². The number of ketones is 1. The number of hydrogen-bond donors (Lipinski definition) is 1. The minimum atomic E-state index is -0.566. The van der Waals surface area contributed by atoms with Gasteiger partial charge in [-0.2, -0.15) is 5.26 Å². The first kappa shape index (κ1) is 18.5. The number of rotatable bonds is 4. The van der Waals surface area contributed by atoms with Crippen molar-refractivity contribution in [2.24, 2.45) is 0 Å². The van der Waals surface area contributed by atoms with Gasteiger partial charge >= 0.3 is 5.97 Å². The van der Waals surface area contributed by atoms with E-state index in [0.29, 0.717) is 28.2 Å². The highest BCUT2D eigenvalue weighted by molar-refractivity contribution is 6.23. The van der Waals surface area contributed by atoms with Crippen molar-refractivity contribution < 1.29 is 19.1 Å². The third-order valence-electron chi connectivity index (χ3n) is 5.17. The van der Waals surface area contributed by atoms with Gasteiger partial charge in [-0.1, -0.05) is 36.4 Å². The summed E-state index contributed by atoms with van der Waals surface area (Å²) >= 11 is 0. The van der Waals surface area contributed by atoms with Gasteiger partial charge in [0.25, 0.3) is 0 Å². The molecule has 0 aromatic heterocycles. The number of allylic oxidation sites excluding steroid dienone is 2. The lowest BCUT2D eigenvalue weighted by atomic mass is 9.80. The summed E-state index contributed by atoms with van der Waals surface area (Å²) < 4.78 is 10.3. The average Bonchev–Trinajstić information content (AvgIpc) is 3.03. The van der Waals surface area contributed by atoms with E-state index in [4.69, 9.17) is 14.7 Å². The van der Waals surface area contributed by atoms with Crippen LogP contribution >= 0.6 is 0 Å². The van der Waals surface area contributed by atoms with Crippen LogP contribution in [0.1, 0.15) is 34.3 Å². The van der Waals surface area contributed by atoms with Gasteiger partial charge in [0, 0.05) is 28.3 Å². The number of fused-ring (bicyclic) bond motifs is 2. The second-order valence-corrected chi connectivity index (χ2v) is 6.77. The largest absolute Gasteiger partial charge is 0.479 e. The quantitative estimate of drug-likeness (QED) is 0.811. The Balaban J connectivity index is 1.85. The Morgan fingerprint density at radius 2 is 1.83 bits per heavy atom. The first-order chi connectivity index (χ1) is 14.1. The third-order valence-corrected chi connectivity index (χ3v) is 5.17. The minimum absolute atomic E-state index is 0.0534. The number of methoxy groups -OCH3 is 1. The molecule has 2 aliphatic rings. The summed E-state index contributed by atoms with van der Waals surface area (Å²) in [6.07, 6.45) is 0. The van der Waals surface area contributed by atoms with Crippen LogP contribution in [0.4, 0.5) is 0 Å². The van der Waals surface area contributed by atoms with Gasteiger partial charge in [-0.05, 0) is 24.6 Å². The number of carbonyl (C=O) groups is 2. The predicted octanol–water partition coefficient (Wildman–Crippen LogP) is 3.33. The Bertz CT molecular complexity index is 1120. The lowest BCUT2D eigenvalue weighted by Gasteiger charge is -2.29. The fourth-order valence-electron chi connectivity index (χ4n) is 3.91. The van der Waals surface area contributed by atoms with Crippen molar-refractivity contribution in [3.8, 4) is 11.8 Å². The number of dihydropyridines is 1. The second kappa shape index (κ2) is 7.28. The summed E-state index contributed by atoms with van der Waals surface area (Å²) in [4.78, 5) is 25.9. The number of Topliss-reactive ketones (excluding diaryl/α,β-unsaturated/α-hetero) is 1. The number of benzene rings is 2. The average molecular weight is 386 g/mol. The smallest absolute Gasteiger partial charge is 0.336 e. The first-order valence-corrected chi connectivity index (χ1v) is 9.11. The highest BCUT2D eigenvalue weighted by Gasteiger charge is 2.42. The fourth-order valence-corrected chi connectivity index (χ4v) is 3.91. The van der Waals surface area contributed by atoms with Crippen LogP contribution < -0.4 is 10.1 Å². The molecule has 0 saturated carbocycles. The molecule has 1 aliphatic carbocycles. The topological polar surface area (TPSA) is 88.4 Å². The summed E-state index contributed by atoms with van der Waals surface area (Å²) in [5.74, 6) is -0.615. The molecule has 1 heterocycles. The molecule has 0 unspecified atom stereocenters. The van der Waals surface area contributed by atoms with Gasteiger partial charge < -0.3 is 14.8 Å². The summed E-state index contributed by atoms with van der Waals surface area (Å²) in [6.45, 7) is 1.75. The zero-order valence-corrected chi connectivity index (χ0v) is 16.0. The lowest BCUT2D eigenvalue weighted by Crippen LogP contribution is -2.29. The monoisotopic (exact) mass is 386 g/mol. The summed E-state index contributed by atoms with van der Waals surface area (Å²) in [6, 6.07) is 16.4. The normalized spacial score (nSPS) is 17.3. The van der Waals surface area contributed by atoms with Crippen LogP contribution in [-0.4, -0.2) is 25.5 Å². The molecule has 0 bridgehead atoms. The maximum Gasteiger partial charge on any atom is 0.336 e. The molecule has 0 saturated heterocycles. The second-order valence-electron chi connectivity index (χ2n) is 6.77. The van der Waals surface area contributed by atoms with Crippen molar-refractivity contribution in [3.05, 3.63) is 82.1 Å². The van der Waals surface area contributed by atoms with E-state index in [1.165, 1.54) is 7.11 Å². The van der Waals surface area contributed by atoms with Crippen molar-refractivity contribution in [1.82, 2.24) is 5.32 Å². The van der Waals surface area contributed by atoms with Crippen LogP contribution in [0, 0.1) is 11.3 Å². The van der Waals surface area contributed by atoms with Gasteiger partial charge in [-0.3, -0.25) is 4.79 Å². The Kier molecular flexibility index (Phi) is 4.65. The molecule has 1 aliphatic heterocycles. The number of ether oxygens (including phenoxy) is 2. The number of esters is 1. The first-order valence-electron chi connectivity index (χ1n) is 9.11. The van der Waals surface area contributed by atoms with E-state index < -0.39 is 11.9 Å². The van der Waals surface area contributed by atoms with Crippen molar-refractivity contribution in [1.29, 1.82) is 5.26 Å². The van der Waals surface area contributed by atoms with E-state index in [0.717, 1.165) is 16.8 Å². The van der Waals surface area contributed by atoms with Crippen molar-refractivity contribution >= 4 is 17.4 Å². The number of nitrogens with zero attached hydrogens (tertiary/aromatic N) is 1. The molecule has 6 nitrogen and oxygen atoms in total. The molecule has 0 radical (unpaired) electrons. The van der Waals surface area contributed by atoms with Crippen molar-refractivity contribution in [2.75, 3.05) is 13.7 Å². The number of hydrogen-bond acceptors (Lipinski definition) is 6. The summed E-state index contributed by atoms with van der Waals surface area (Å²) in [5.41, 5.74) is 4.52. The highest BCUT2D eigenvalue weighted by Crippen LogP contribution is 2.46. The van der Waals surface area contributed by atoms with Crippen molar-refractivity contribution in [2.45, 2.75) is 12.8 Å². The van der Waals surface area contributed by atoms with Crippen LogP contribution in [0.2, 0.25) is 0 Å². The number of nitriles is 1. The van der Waals surface area contributed by atoms with Gasteiger partial charge in [0.05, 0.1) is 18.4 Å². The van der Waals surface area contributed by atoms with Crippen LogP contribution in [0.5, 0.6) is 5.75 Å². The van der Waals surface area contributed by atoms with Gasteiger partial charge in [0.2, 0.25) is 0 Å². The number of carbonyl (C=O) groups excluding carboxylic acids is 2. The number of nitrogens with one attached hydrogen (secondary N) is 1. The summed E-state index contributed by atoms with van der Waals surface area (Å²) in [5, 5.41) is 11.9. The minimum Gasteiger partial charge on any atom is -0.479 e. The van der Waals surface area contributed by atoms with E-state index in [1.54, 1.807) is 37.3 Å². The highest BCUT2D eigenvalue weighted by atomic mass is 16.5. The molecule has 1 N–H and O–H groups in total. The fraction of sp³-hybridized carbons (Fsp3) is 0.174. The summed E-state index contributed by atoms with van der Waals surface area (Å²) in [7, 11) is 1.33. The molecule has 0 fully saturated rings. The van der Waals surface area contributed by atoms with Gasteiger partial charge in [0.15, 0.2) is 12.4 Å². The van der Waals surface area contributed by atoms with Gasteiger partial charge in [0.1, 0.15) is 11.8 Å². The standard InChI is InChI=1S/C23H18N2O4/c1-13-18(23(27)28-2)19(14-7-9-15(10-8-14)29-12-11-24)20-21(25-13)16-5-3-4-6-17(16)22(20)26/h3-10,19,25H,12H2,1-2H3/t19-/m1/s1. The van der Waals surface area contributed by atoms with E-state index in [9.17, 15) is 9.59 Å². The maximum atomic E-state index is 13.3. The van der Waals surface area contributed by atoms with E-state index in [2.05, 4.69) is 5.32 Å². The van der Waals surface area contributed by atoms with E-state index in [-0.39, 0.29) is 12.4 Å². The van der Waals surface area contributed by atoms with E-state index in [1.807, 2.05) is 24.3 Å². The predicted molar refractivity (Wildman–Crippen MR) is 106 cm³/mol. The molecular formula is C23H18N2O4. The molecule has 29 heavy (non-hydrogen) atoms. The molecule has 2 aromatic carbocycles. The molecule has 1 atom stereocenters. The Morgan fingerprint density at radius 3 is 2.48 bits per heavy atom.